The third-order valence-electron chi connectivity index (χ3n) is 2.60. The van der Waals surface area contributed by atoms with Gasteiger partial charge >= 0.3 is 12.1 Å². The molecule has 1 aliphatic heterocycles. The normalized spacial score (nSPS) is 16.3. The van der Waals surface area contributed by atoms with Crippen molar-refractivity contribution >= 4 is 45.0 Å². The second kappa shape index (κ2) is 5.52. The Bertz CT molecular complexity index is 728. The van der Waals surface area contributed by atoms with E-state index in [-0.39, 0.29) is 15.7 Å². The van der Waals surface area contributed by atoms with Crippen molar-refractivity contribution in [3.05, 3.63) is 27.7 Å². The van der Waals surface area contributed by atoms with Crippen LogP contribution < -0.4 is 5.32 Å². The number of anilines is 1. The number of benzene rings is 1. The summed E-state index contributed by atoms with van der Waals surface area (Å²) in [7, 11) is 0. The summed E-state index contributed by atoms with van der Waals surface area (Å²) >= 11 is 2.73. The van der Waals surface area contributed by atoms with Gasteiger partial charge in [-0.05, 0) is 12.1 Å². The molecule has 0 aliphatic carbocycles. The van der Waals surface area contributed by atoms with Gasteiger partial charge in [-0.15, -0.1) is 0 Å². The lowest BCUT2D eigenvalue weighted by Crippen LogP contribution is -2.36. The zero-order valence-corrected chi connectivity index (χ0v) is 12.3. The number of oxime groups is 1. The summed E-state index contributed by atoms with van der Waals surface area (Å²) in [6.07, 6.45) is -4.66. The molecule has 0 saturated carbocycles. The maximum absolute atomic E-state index is 12.8. The van der Waals surface area contributed by atoms with Crippen molar-refractivity contribution < 1.29 is 32.4 Å². The smallest absolute Gasteiger partial charge is 0.320 e. The second-order valence-corrected chi connectivity index (χ2v) is 5.04. The SMILES string of the molecule is CC(=O)ON=C1C(=O)Nc2cc(C(F)(F)F)c(Br)cc2C1=O. The van der Waals surface area contributed by atoms with E-state index in [1.165, 1.54) is 0 Å². The van der Waals surface area contributed by atoms with Crippen LogP contribution in [-0.4, -0.2) is 23.4 Å². The highest BCUT2D eigenvalue weighted by Gasteiger charge is 2.38. The molecule has 1 N–H and O–H groups in total. The Labute approximate surface area is 129 Å². The van der Waals surface area contributed by atoms with Crippen LogP contribution in [-0.2, 0) is 20.6 Å². The molecule has 0 saturated heterocycles. The molecule has 2 rings (SSSR count). The number of carbonyl (C=O) groups excluding carboxylic acids is 3. The number of amides is 1. The fourth-order valence-electron chi connectivity index (χ4n) is 1.69. The van der Waals surface area contributed by atoms with E-state index in [2.05, 4.69) is 31.2 Å². The Kier molecular flexibility index (Phi) is 4.05. The van der Waals surface area contributed by atoms with E-state index in [1.54, 1.807) is 0 Å². The van der Waals surface area contributed by atoms with Crippen LogP contribution in [0, 0.1) is 0 Å². The highest BCUT2D eigenvalue weighted by Crippen LogP contribution is 2.38. The largest absolute Gasteiger partial charge is 0.417 e. The maximum Gasteiger partial charge on any atom is 0.417 e. The molecule has 0 radical (unpaired) electrons. The summed E-state index contributed by atoms with van der Waals surface area (Å²) in [5.74, 6) is -2.86. The molecule has 1 amide bonds. The number of hydrogen-bond acceptors (Lipinski definition) is 5. The van der Waals surface area contributed by atoms with Crippen LogP contribution in [0.1, 0.15) is 22.8 Å². The molecular weight excluding hydrogens is 373 g/mol. The van der Waals surface area contributed by atoms with Crippen molar-refractivity contribution in [3.8, 4) is 0 Å². The third kappa shape index (κ3) is 3.01. The zero-order chi connectivity index (χ0) is 16.7. The Morgan fingerprint density at radius 3 is 2.50 bits per heavy atom. The van der Waals surface area contributed by atoms with Gasteiger partial charge in [0, 0.05) is 17.0 Å². The van der Waals surface area contributed by atoms with Crippen molar-refractivity contribution in [1.82, 2.24) is 0 Å². The van der Waals surface area contributed by atoms with Gasteiger partial charge in [0.2, 0.25) is 11.5 Å². The minimum absolute atomic E-state index is 0.203. The standard InChI is InChI=1S/C12H6BrF3N2O4/c1-4(19)22-18-9-10(20)5-2-7(13)6(12(14,15)16)3-8(5)17-11(9)21/h2-3H,1H3,(H,17,21). The number of alkyl halides is 3. The van der Waals surface area contributed by atoms with Gasteiger partial charge in [0.25, 0.3) is 5.91 Å². The first-order valence-electron chi connectivity index (χ1n) is 5.63. The molecule has 22 heavy (non-hydrogen) atoms. The van der Waals surface area contributed by atoms with Gasteiger partial charge in [0.15, 0.2) is 0 Å². The topological polar surface area (TPSA) is 84.8 Å². The number of nitrogens with zero attached hydrogens (tertiary/aromatic N) is 1. The van der Waals surface area contributed by atoms with E-state index < -0.39 is 35.1 Å². The number of rotatable bonds is 1. The van der Waals surface area contributed by atoms with Crippen LogP contribution in [0.2, 0.25) is 0 Å². The summed E-state index contributed by atoms with van der Waals surface area (Å²) in [6.45, 7) is 1.01. The Morgan fingerprint density at radius 1 is 1.32 bits per heavy atom. The lowest BCUT2D eigenvalue weighted by atomic mass is 9.98. The molecule has 1 aromatic rings. The highest BCUT2D eigenvalue weighted by atomic mass is 79.9. The Morgan fingerprint density at radius 2 is 1.95 bits per heavy atom. The van der Waals surface area contributed by atoms with Crippen LogP contribution >= 0.6 is 15.9 Å². The van der Waals surface area contributed by atoms with Gasteiger partial charge < -0.3 is 10.2 Å². The molecule has 10 heteroatoms. The van der Waals surface area contributed by atoms with Crippen molar-refractivity contribution in [2.24, 2.45) is 5.16 Å². The van der Waals surface area contributed by atoms with Crippen LogP contribution in [0.3, 0.4) is 0 Å². The number of carbonyl (C=O) groups is 3. The molecule has 0 atom stereocenters. The van der Waals surface area contributed by atoms with Gasteiger partial charge in [-0.1, -0.05) is 21.1 Å². The summed E-state index contributed by atoms with van der Waals surface area (Å²) in [4.78, 5) is 38.6. The number of halogens is 4. The van der Waals surface area contributed by atoms with Crippen molar-refractivity contribution in [2.75, 3.05) is 5.32 Å². The molecule has 0 bridgehead atoms. The van der Waals surface area contributed by atoms with Crippen molar-refractivity contribution in [3.63, 3.8) is 0 Å². The molecular formula is C12H6BrF3N2O4. The zero-order valence-electron chi connectivity index (χ0n) is 10.7. The van der Waals surface area contributed by atoms with Gasteiger partial charge in [-0.2, -0.15) is 13.2 Å². The van der Waals surface area contributed by atoms with Gasteiger partial charge in [0.05, 0.1) is 11.3 Å². The van der Waals surface area contributed by atoms with E-state index in [1.807, 2.05) is 0 Å². The van der Waals surface area contributed by atoms with E-state index in [9.17, 15) is 27.6 Å². The van der Waals surface area contributed by atoms with Crippen LogP contribution in [0.4, 0.5) is 18.9 Å². The highest BCUT2D eigenvalue weighted by molar-refractivity contribution is 9.10. The molecule has 0 unspecified atom stereocenters. The maximum atomic E-state index is 12.8. The number of Topliss-reactive ketones (excluding diaryl/α,β-unsaturated/α-hetero) is 1. The van der Waals surface area contributed by atoms with Gasteiger partial charge in [-0.3, -0.25) is 9.59 Å². The van der Waals surface area contributed by atoms with Crippen LogP contribution in [0.25, 0.3) is 0 Å². The average molecular weight is 379 g/mol. The number of fused-ring (bicyclic) bond motifs is 1. The predicted octanol–water partition coefficient (Wildman–Crippen LogP) is 2.52. The molecule has 0 spiro atoms. The molecule has 0 fully saturated rings. The molecule has 0 aromatic heterocycles. The molecule has 1 aromatic carbocycles. The van der Waals surface area contributed by atoms with Crippen LogP contribution in [0.15, 0.2) is 21.8 Å². The monoisotopic (exact) mass is 378 g/mol. The Balaban J connectivity index is 2.52. The molecule has 116 valence electrons. The first kappa shape index (κ1) is 16.1. The van der Waals surface area contributed by atoms with E-state index in [4.69, 9.17) is 0 Å². The van der Waals surface area contributed by atoms with Gasteiger partial charge in [0.1, 0.15) is 0 Å². The fraction of sp³-hybridized carbons (Fsp3) is 0.167. The van der Waals surface area contributed by atoms with Crippen LogP contribution in [0.5, 0.6) is 0 Å². The summed E-state index contributed by atoms with van der Waals surface area (Å²) in [5, 5.41) is 5.21. The minimum Gasteiger partial charge on any atom is -0.320 e. The molecule has 1 aliphatic rings. The molecule has 6 nitrogen and oxygen atoms in total. The lowest BCUT2D eigenvalue weighted by molar-refractivity contribution is -0.141. The predicted molar refractivity (Wildman–Crippen MR) is 71.3 cm³/mol. The quantitative estimate of drug-likeness (QED) is 0.601. The summed E-state index contributed by atoms with van der Waals surface area (Å²) < 4.78 is 38.0. The molecule has 1 heterocycles. The number of ketones is 1. The van der Waals surface area contributed by atoms with Crippen molar-refractivity contribution in [1.29, 1.82) is 0 Å². The number of nitrogens with one attached hydrogen (secondary N) is 1. The first-order chi connectivity index (χ1) is 10.1. The minimum atomic E-state index is -4.66. The van der Waals surface area contributed by atoms with E-state index >= 15 is 0 Å². The Hall–Kier alpha value is -2.23. The average Bonchev–Trinajstić information content (AvgIpc) is 2.37. The van der Waals surface area contributed by atoms with Gasteiger partial charge in [-0.25, -0.2) is 4.79 Å². The summed E-state index contributed by atoms with van der Waals surface area (Å²) in [6, 6.07) is 1.56. The first-order valence-corrected chi connectivity index (χ1v) is 6.43. The van der Waals surface area contributed by atoms with E-state index in [0.717, 1.165) is 13.0 Å². The fourth-order valence-corrected chi connectivity index (χ4v) is 2.25. The number of hydrogen-bond donors (Lipinski definition) is 1. The third-order valence-corrected chi connectivity index (χ3v) is 3.26. The second-order valence-electron chi connectivity index (χ2n) is 4.18. The van der Waals surface area contributed by atoms with E-state index in [0.29, 0.717) is 6.07 Å². The summed E-state index contributed by atoms with van der Waals surface area (Å²) in [5.41, 5.74) is -2.27. The lowest BCUT2D eigenvalue weighted by Gasteiger charge is -2.19. The van der Waals surface area contributed by atoms with Crippen molar-refractivity contribution in [2.45, 2.75) is 13.1 Å².